The number of carbonyl (C=O) groups is 1. The Labute approximate surface area is 171 Å². The third-order valence-corrected chi connectivity index (χ3v) is 5.72. The van der Waals surface area contributed by atoms with Crippen LogP contribution in [0.1, 0.15) is 48.7 Å². The van der Waals surface area contributed by atoms with E-state index in [1.165, 1.54) is 6.42 Å². The minimum atomic E-state index is -0.0542. The van der Waals surface area contributed by atoms with Crippen LogP contribution in [-0.4, -0.2) is 40.3 Å². The van der Waals surface area contributed by atoms with Gasteiger partial charge in [-0.15, -0.1) is 0 Å². The third kappa shape index (κ3) is 4.03. The van der Waals surface area contributed by atoms with Crippen molar-refractivity contribution in [1.82, 2.24) is 25.4 Å². The van der Waals surface area contributed by atoms with Crippen LogP contribution in [0.25, 0.3) is 22.3 Å². The molecule has 0 aliphatic carbocycles. The van der Waals surface area contributed by atoms with Crippen molar-refractivity contribution in [2.75, 3.05) is 19.6 Å². The lowest BCUT2D eigenvalue weighted by molar-refractivity contribution is 0.0953. The fourth-order valence-corrected chi connectivity index (χ4v) is 4.03. The maximum atomic E-state index is 13.1. The van der Waals surface area contributed by atoms with Gasteiger partial charge in [0.1, 0.15) is 0 Å². The number of amides is 1. The molecule has 2 N–H and O–H groups in total. The van der Waals surface area contributed by atoms with Crippen molar-refractivity contribution in [1.29, 1.82) is 0 Å². The summed E-state index contributed by atoms with van der Waals surface area (Å²) in [6.45, 7) is 9.03. The quantitative estimate of drug-likeness (QED) is 0.672. The lowest BCUT2D eigenvalue weighted by Crippen LogP contribution is -2.26. The first kappa shape index (κ1) is 19.6. The van der Waals surface area contributed by atoms with E-state index in [1.54, 1.807) is 6.20 Å². The molecule has 2 aromatic heterocycles. The molecule has 0 spiro atoms. The van der Waals surface area contributed by atoms with Gasteiger partial charge in [-0.05, 0) is 64.3 Å². The molecule has 3 aromatic rings. The molecular weight excluding hydrogens is 362 g/mol. The van der Waals surface area contributed by atoms with Gasteiger partial charge >= 0.3 is 0 Å². The van der Waals surface area contributed by atoms with E-state index in [1.807, 2.05) is 28.9 Å². The Bertz CT molecular complexity index is 1020. The molecule has 1 fully saturated rings. The fourth-order valence-electron chi connectivity index (χ4n) is 4.03. The fraction of sp³-hybridized carbons (Fsp3) is 0.435. The Kier molecular flexibility index (Phi) is 5.62. The summed E-state index contributed by atoms with van der Waals surface area (Å²) < 4.78 is 1.89. The number of fused-ring (bicyclic) bond motifs is 1. The average molecular weight is 392 g/mol. The summed E-state index contributed by atoms with van der Waals surface area (Å²) in [5, 5.41) is 11.8. The predicted molar refractivity (Wildman–Crippen MR) is 116 cm³/mol. The third-order valence-electron chi connectivity index (χ3n) is 5.72. The minimum Gasteiger partial charge on any atom is -0.352 e. The van der Waals surface area contributed by atoms with Crippen molar-refractivity contribution >= 4 is 16.9 Å². The van der Waals surface area contributed by atoms with Crippen molar-refractivity contribution < 1.29 is 4.79 Å². The van der Waals surface area contributed by atoms with Crippen LogP contribution in [0.5, 0.6) is 0 Å². The van der Waals surface area contributed by atoms with Gasteiger partial charge in [0, 0.05) is 18.2 Å². The molecule has 152 valence electrons. The van der Waals surface area contributed by atoms with Gasteiger partial charge in [0.2, 0.25) is 0 Å². The summed E-state index contributed by atoms with van der Waals surface area (Å²) in [6, 6.07) is 10.2. The van der Waals surface area contributed by atoms with E-state index >= 15 is 0 Å². The van der Waals surface area contributed by atoms with Crippen LogP contribution in [-0.2, 0) is 0 Å². The van der Waals surface area contributed by atoms with Gasteiger partial charge in [-0.3, -0.25) is 4.79 Å². The van der Waals surface area contributed by atoms with Gasteiger partial charge in [0.05, 0.1) is 22.8 Å². The summed E-state index contributed by atoms with van der Waals surface area (Å²) in [7, 11) is 0. The highest BCUT2D eigenvalue weighted by Gasteiger charge is 2.20. The molecule has 0 bridgehead atoms. The standard InChI is InChI=1S/C23H29N5O/c1-15(2)28-22-20(14-26-28)19(23(29)25-11-9-17-8-10-24-13-17)12-21(27-22)18-7-5-4-6-16(18)3/h4-7,12,14-15,17,24H,8-11,13H2,1-3H3,(H,25,29). The van der Waals surface area contributed by atoms with Gasteiger partial charge in [0.15, 0.2) is 5.65 Å². The van der Waals surface area contributed by atoms with Crippen molar-refractivity contribution in [2.24, 2.45) is 5.92 Å². The van der Waals surface area contributed by atoms with Crippen LogP contribution in [0.2, 0.25) is 0 Å². The smallest absolute Gasteiger partial charge is 0.252 e. The van der Waals surface area contributed by atoms with Gasteiger partial charge in [0.25, 0.3) is 5.91 Å². The molecule has 0 saturated carbocycles. The van der Waals surface area contributed by atoms with Crippen molar-refractivity contribution in [3.63, 3.8) is 0 Å². The van der Waals surface area contributed by atoms with Crippen LogP contribution >= 0.6 is 0 Å². The predicted octanol–water partition coefficient (Wildman–Crippen LogP) is 3.72. The highest BCUT2D eigenvalue weighted by molar-refractivity contribution is 6.06. The topological polar surface area (TPSA) is 71.8 Å². The van der Waals surface area contributed by atoms with Crippen molar-refractivity contribution in [3.05, 3.63) is 47.7 Å². The molecule has 1 aliphatic heterocycles. The Morgan fingerprint density at radius 2 is 2.17 bits per heavy atom. The van der Waals surface area contributed by atoms with Gasteiger partial charge in [-0.1, -0.05) is 24.3 Å². The summed E-state index contributed by atoms with van der Waals surface area (Å²) in [5.41, 5.74) is 4.38. The average Bonchev–Trinajstić information content (AvgIpc) is 3.37. The van der Waals surface area contributed by atoms with Crippen molar-refractivity contribution in [3.8, 4) is 11.3 Å². The van der Waals surface area contributed by atoms with E-state index in [9.17, 15) is 4.79 Å². The molecule has 0 radical (unpaired) electrons. The van der Waals surface area contributed by atoms with Gasteiger partial charge in [-0.25, -0.2) is 9.67 Å². The lowest BCUT2D eigenvalue weighted by atomic mass is 10.0. The Balaban J connectivity index is 1.69. The zero-order valence-electron chi connectivity index (χ0n) is 17.4. The van der Waals surface area contributed by atoms with Crippen LogP contribution in [0, 0.1) is 12.8 Å². The highest BCUT2D eigenvalue weighted by Crippen LogP contribution is 2.28. The minimum absolute atomic E-state index is 0.0542. The number of carbonyl (C=O) groups excluding carboxylic acids is 1. The summed E-state index contributed by atoms with van der Waals surface area (Å²) in [4.78, 5) is 18.0. The Morgan fingerprint density at radius 1 is 1.34 bits per heavy atom. The maximum Gasteiger partial charge on any atom is 0.252 e. The zero-order chi connectivity index (χ0) is 20.4. The monoisotopic (exact) mass is 391 g/mol. The number of nitrogens with one attached hydrogen (secondary N) is 2. The molecule has 3 heterocycles. The normalized spacial score (nSPS) is 16.6. The molecule has 1 unspecified atom stereocenters. The van der Waals surface area contributed by atoms with Crippen LogP contribution < -0.4 is 10.6 Å². The molecule has 4 rings (SSSR count). The number of benzene rings is 1. The Hall–Kier alpha value is -2.73. The number of aryl methyl sites for hydroxylation is 1. The number of pyridine rings is 1. The summed E-state index contributed by atoms with van der Waals surface area (Å²) >= 11 is 0. The van der Waals surface area contributed by atoms with E-state index in [2.05, 4.69) is 42.6 Å². The largest absolute Gasteiger partial charge is 0.352 e. The summed E-state index contributed by atoms with van der Waals surface area (Å²) in [5.74, 6) is 0.598. The molecule has 1 amide bonds. The van der Waals surface area contributed by atoms with Crippen LogP contribution in [0.15, 0.2) is 36.5 Å². The van der Waals surface area contributed by atoms with Crippen LogP contribution in [0.3, 0.4) is 0 Å². The lowest BCUT2D eigenvalue weighted by Gasteiger charge is -2.13. The molecule has 1 aliphatic rings. The molecule has 1 aromatic carbocycles. The van der Waals surface area contributed by atoms with E-state index in [0.29, 0.717) is 18.0 Å². The SMILES string of the molecule is Cc1ccccc1-c1cc(C(=O)NCCC2CCNC2)c2cnn(C(C)C)c2n1. The molecule has 6 heteroatoms. The first-order valence-corrected chi connectivity index (χ1v) is 10.5. The maximum absolute atomic E-state index is 13.1. The second-order valence-electron chi connectivity index (χ2n) is 8.19. The number of hydrogen-bond acceptors (Lipinski definition) is 4. The van der Waals surface area contributed by atoms with E-state index in [-0.39, 0.29) is 11.9 Å². The number of aromatic nitrogens is 3. The van der Waals surface area contributed by atoms with Crippen LogP contribution in [0.4, 0.5) is 0 Å². The summed E-state index contributed by atoms with van der Waals surface area (Å²) in [6.07, 6.45) is 3.95. The number of rotatable bonds is 6. The molecule has 29 heavy (non-hydrogen) atoms. The first-order chi connectivity index (χ1) is 14.0. The zero-order valence-corrected chi connectivity index (χ0v) is 17.4. The van der Waals surface area contributed by atoms with E-state index in [4.69, 9.17) is 4.98 Å². The molecule has 6 nitrogen and oxygen atoms in total. The molecular formula is C23H29N5O. The highest BCUT2D eigenvalue weighted by atomic mass is 16.1. The van der Waals surface area contributed by atoms with Crippen molar-refractivity contribution in [2.45, 2.75) is 39.7 Å². The van der Waals surface area contributed by atoms with E-state index in [0.717, 1.165) is 47.4 Å². The first-order valence-electron chi connectivity index (χ1n) is 10.5. The van der Waals surface area contributed by atoms with E-state index < -0.39 is 0 Å². The number of nitrogens with zero attached hydrogens (tertiary/aromatic N) is 3. The molecule has 1 saturated heterocycles. The second kappa shape index (κ2) is 8.33. The Morgan fingerprint density at radius 3 is 2.90 bits per heavy atom. The number of hydrogen-bond donors (Lipinski definition) is 2. The molecule has 1 atom stereocenters. The second-order valence-corrected chi connectivity index (χ2v) is 8.19. The van der Waals surface area contributed by atoms with Gasteiger partial charge in [-0.2, -0.15) is 5.10 Å². The van der Waals surface area contributed by atoms with Gasteiger partial charge < -0.3 is 10.6 Å².